The number of nitrogens with two attached hydrogens (primary N) is 1. The van der Waals surface area contributed by atoms with Crippen LogP contribution in [0, 0.1) is 6.92 Å². The lowest BCUT2D eigenvalue weighted by Gasteiger charge is -2.12. The van der Waals surface area contributed by atoms with Crippen LogP contribution in [0.2, 0.25) is 0 Å². The zero-order valence-electron chi connectivity index (χ0n) is 16.1. The number of nitrogens with one attached hydrogen (secondary N) is 1. The molecule has 0 amide bonds. The van der Waals surface area contributed by atoms with Crippen LogP contribution in [0.4, 0.5) is 17.2 Å². The van der Waals surface area contributed by atoms with Crippen LogP contribution < -0.4 is 15.8 Å². The minimum absolute atomic E-state index is 0.643. The van der Waals surface area contributed by atoms with Gasteiger partial charge >= 0.3 is 0 Å². The van der Waals surface area contributed by atoms with Crippen LogP contribution in [0.25, 0.3) is 10.9 Å². The smallest absolute Gasteiger partial charge is 0.145 e. The molecular formula is C23H21N5O. The highest BCUT2D eigenvalue weighted by Gasteiger charge is 2.24. The molecule has 0 unspecified atom stereocenters. The topological polar surface area (TPSA) is 86.0 Å². The van der Waals surface area contributed by atoms with E-state index in [4.69, 9.17) is 10.5 Å². The molecule has 3 N–H and O–H groups in total. The third-order valence-electron chi connectivity index (χ3n) is 5.08. The molecule has 2 aromatic heterocycles. The van der Waals surface area contributed by atoms with E-state index in [1.54, 1.807) is 12.5 Å². The molecule has 4 aromatic rings. The van der Waals surface area contributed by atoms with Gasteiger partial charge in [-0.15, -0.1) is 0 Å². The predicted octanol–water partition coefficient (Wildman–Crippen LogP) is 5.33. The van der Waals surface area contributed by atoms with E-state index in [9.17, 15) is 0 Å². The van der Waals surface area contributed by atoms with Gasteiger partial charge in [0.15, 0.2) is 0 Å². The van der Waals surface area contributed by atoms with Crippen molar-refractivity contribution in [3.8, 4) is 11.5 Å². The number of nitrogen functional groups attached to an aromatic ring is 1. The quantitative estimate of drug-likeness (QED) is 0.453. The van der Waals surface area contributed by atoms with Crippen LogP contribution in [0.1, 0.15) is 30.0 Å². The molecule has 0 saturated heterocycles. The first-order valence-corrected chi connectivity index (χ1v) is 9.67. The zero-order chi connectivity index (χ0) is 19.8. The van der Waals surface area contributed by atoms with E-state index in [1.165, 1.54) is 12.8 Å². The Kier molecular flexibility index (Phi) is 4.24. The second-order valence-electron chi connectivity index (χ2n) is 7.40. The van der Waals surface area contributed by atoms with Gasteiger partial charge < -0.3 is 15.8 Å². The van der Waals surface area contributed by atoms with Crippen molar-refractivity contribution in [1.29, 1.82) is 0 Å². The Morgan fingerprint density at radius 2 is 1.90 bits per heavy atom. The van der Waals surface area contributed by atoms with Crippen molar-refractivity contribution in [3.05, 3.63) is 72.3 Å². The van der Waals surface area contributed by atoms with Crippen molar-refractivity contribution in [3.63, 3.8) is 0 Å². The summed E-state index contributed by atoms with van der Waals surface area (Å²) in [6, 6.07) is 15.6. The first kappa shape index (κ1) is 17.4. The van der Waals surface area contributed by atoms with Crippen LogP contribution in [-0.4, -0.2) is 15.0 Å². The summed E-state index contributed by atoms with van der Waals surface area (Å²) in [5.74, 6) is 2.91. The van der Waals surface area contributed by atoms with Crippen LogP contribution in [0.15, 0.2) is 61.1 Å². The van der Waals surface area contributed by atoms with Gasteiger partial charge in [-0.1, -0.05) is 0 Å². The largest absolute Gasteiger partial charge is 0.455 e. The van der Waals surface area contributed by atoms with Crippen LogP contribution >= 0.6 is 0 Å². The van der Waals surface area contributed by atoms with Gasteiger partial charge in [0.25, 0.3) is 0 Å². The molecule has 1 fully saturated rings. The monoisotopic (exact) mass is 383 g/mol. The third-order valence-corrected chi connectivity index (χ3v) is 5.08. The van der Waals surface area contributed by atoms with Gasteiger partial charge in [0.05, 0.1) is 11.7 Å². The van der Waals surface area contributed by atoms with E-state index < -0.39 is 0 Å². The molecule has 1 aliphatic rings. The third kappa shape index (κ3) is 3.69. The number of aromatic nitrogens is 3. The Labute approximate surface area is 168 Å². The number of rotatable bonds is 5. The molecule has 5 rings (SSSR count). The van der Waals surface area contributed by atoms with E-state index in [1.807, 2.05) is 49.4 Å². The number of ether oxygens (including phenoxy) is 1. The van der Waals surface area contributed by atoms with Crippen LogP contribution in [0.3, 0.4) is 0 Å². The average molecular weight is 383 g/mol. The molecule has 29 heavy (non-hydrogen) atoms. The molecule has 0 radical (unpaired) electrons. The summed E-state index contributed by atoms with van der Waals surface area (Å²) < 4.78 is 6.02. The number of hydrogen-bond acceptors (Lipinski definition) is 6. The molecule has 1 aliphatic carbocycles. The van der Waals surface area contributed by atoms with Crippen molar-refractivity contribution in [2.24, 2.45) is 0 Å². The number of anilines is 3. The molecule has 6 nitrogen and oxygen atoms in total. The van der Waals surface area contributed by atoms with E-state index >= 15 is 0 Å². The number of aryl methyl sites for hydroxylation is 1. The van der Waals surface area contributed by atoms with Gasteiger partial charge in [0.2, 0.25) is 0 Å². The summed E-state index contributed by atoms with van der Waals surface area (Å²) in [6.07, 6.45) is 5.84. The van der Waals surface area contributed by atoms with Gasteiger partial charge in [-0.25, -0.2) is 9.97 Å². The fraction of sp³-hybridized carbons (Fsp3) is 0.174. The number of pyridine rings is 1. The standard InChI is InChI=1S/C23H21N5O/c1-14-10-17(28-23-19-11-16(24)4-7-21(19)26-13-27-23)5-9-22(14)29-18-6-8-20(25-12-18)15-2-3-15/h4-13,15H,2-3,24H2,1H3,(H,26,27,28). The van der Waals surface area contributed by atoms with E-state index in [0.717, 1.165) is 45.2 Å². The molecule has 1 saturated carbocycles. The SMILES string of the molecule is Cc1cc(Nc2ncnc3ccc(N)cc23)ccc1Oc1ccc(C2CC2)nc1. The molecule has 0 spiro atoms. The highest BCUT2D eigenvalue weighted by Crippen LogP contribution is 2.39. The Balaban J connectivity index is 1.36. The van der Waals surface area contributed by atoms with Gasteiger partial charge in [0, 0.05) is 28.4 Å². The van der Waals surface area contributed by atoms with Crippen molar-refractivity contribution in [1.82, 2.24) is 15.0 Å². The number of nitrogens with zero attached hydrogens (tertiary/aromatic N) is 3. The highest BCUT2D eigenvalue weighted by molar-refractivity contribution is 5.92. The maximum absolute atomic E-state index is 6.02. The molecular weight excluding hydrogens is 362 g/mol. The summed E-state index contributed by atoms with van der Waals surface area (Å²) in [7, 11) is 0. The second kappa shape index (κ2) is 7.05. The Morgan fingerprint density at radius 3 is 2.66 bits per heavy atom. The number of benzene rings is 2. The first-order valence-electron chi connectivity index (χ1n) is 9.67. The summed E-state index contributed by atoms with van der Waals surface area (Å²) >= 11 is 0. The molecule has 0 bridgehead atoms. The summed E-state index contributed by atoms with van der Waals surface area (Å²) in [4.78, 5) is 13.2. The fourth-order valence-electron chi connectivity index (χ4n) is 3.35. The van der Waals surface area contributed by atoms with E-state index in [0.29, 0.717) is 11.6 Å². The zero-order valence-corrected chi connectivity index (χ0v) is 16.1. The van der Waals surface area contributed by atoms with Crippen LogP contribution in [-0.2, 0) is 0 Å². The summed E-state index contributed by atoms with van der Waals surface area (Å²) in [5.41, 5.74) is 10.5. The lowest BCUT2D eigenvalue weighted by Crippen LogP contribution is -1.98. The van der Waals surface area contributed by atoms with Crippen molar-refractivity contribution in [2.75, 3.05) is 11.1 Å². The van der Waals surface area contributed by atoms with Crippen molar-refractivity contribution >= 4 is 28.1 Å². The molecule has 0 atom stereocenters. The summed E-state index contributed by atoms with van der Waals surface area (Å²) in [6.45, 7) is 2.02. The Hall–Kier alpha value is -3.67. The maximum atomic E-state index is 6.02. The number of hydrogen-bond donors (Lipinski definition) is 2. The predicted molar refractivity (Wildman–Crippen MR) is 115 cm³/mol. The maximum Gasteiger partial charge on any atom is 0.145 e. The van der Waals surface area contributed by atoms with E-state index in [-0.39, 0.29) is 0 Å². The molecule has 0 aliphatic heterocycles. The second-order valence-corrected chi connectivity index (χ2v) is 7.40. The molecule has 144 valence electrons. The minimum Gasteiger partial charge on any atom is -0.455 e. The Morgan fingerprint density at radius 1 is 1.00 bits per heavy atom. The normalized spacial score (nSPS) is 13.4. The molecule has 2 heterocycles. The summed E-state index contributed by atoms with van der Waals surface area (Å²) in [5, 5.41) is 4.24. The van der Waals surface area contributed by atoms with E-state index in [2.05, 4.69) is 26.3 Å². The van der Waals surface area contributed by atoms with Gasteiger partial charge in [-0.2, -0.15) is 0 Å². The van der Waals surface area contributed by atoms with Crippen molar-refractivity contribution < 1.29 is 4.74 Å². The lowest BCUT2D eigenvalue weighted by molar-refractivity contribution is 0.476. The van der Waals surface area contributed by atoms with Gasteiger partial charge in [-0.05, 0) is 73.9 Å². The fourth-order valence-corrected chi connectivity index (χ4v) is 3.35. The first-order chi connectivity index (χ1) is 14.2. The van der Waals surface area contributed by atoms with Gasteiger partial charge in [-0.3, -0.25) is 4.98 Å². The molecule has 6 heteroatoms. The van der Waals surface area contributed by atoms with Crippen molar-refractivity contribution in [2.45, 2.75) is 25.7 Å². The average Bonchev–Trinajstić information content (AvgIpc) is 3.56. The van der Waals surface area contributed by atoms with Gasteiger partial charge in [0.1, 0.15) is 23.6 Å². The van der Waals surface area contributed by atoms with Crippen LogP contribution in [0.5, 0.6) is 11.5 Å². The lowest BCUT2D eigenvalue weighted by atomic mass is 10.1. The minimum atomic E-state index is 0.643. The number of fused-ring (bicyclic) bond motifs is 1. The highest BCUT2D eigenvalue weighted by atomic mass is 16.5. The molecule has 2 aromatic carbocycles. The Bertz CT molecular complexity index is 1190.